The van der Waals surface area contributed by atoms with Gasteiger partial charge < -0.3 is 0 Å². The Morgan fingerprint density at radius 1 is 0.923 bits per heavy atom. The molecule has 0 unspecified atom stereocenters. The number of aromatic nitrogens is 4. The molecule has 0 saturated heterocycles. The van der Waals surface area contributed by atoms with Gasteiger partial charge in [0.1, 0.15) is 0 Å². The van der Waals surface area contributed by atoms with Crippen molar-refractivity contribution in [3.63, 3.8) is 0 Å². The molecule has 0 aliphatic heterocycles. The zero-order valence-corrected chi connectivity index (χ0v) is 8.71. The van der Waals surface area contributed by atoms with Crippen LogP contribution in [-0.2, 0) is 0 Å². The van der Waals surface area contributed by atoms with Crippen LogP contribution in [0.5, 0.6) is 0 Å². The van der Waals surface area contributed by atoms with E-state index in [9.17, 15) is 0 Å². The van der Waals surface area contributed by atoms with E-state index >= 15 is 0 Å². The number of nitrogens with zero attached hydrogens (tertiary/aromatic N) is 4. The summed E-state index contributed by atoms with van der Waals surface area (Å²) in [7, 11) is 0. The van der Waals surface area contributed by atoms with E-state index in [0.29, 0.717) is 5.82 Å². The molecule has 0 aliphatic rings. The number of halogens is 1. The summed E-state index contributed by atoms with van der Waals surface area (Å²) in [5.41, 5.74) is 0.931. The Morgan fingerprint density at radius 2 is 1.54 bits per heavy atom. The van der Waals surface area contributed by atoms with Crippen LogP contribution in [0.1, 0.15) is 0 Å². The van der Waals surface area contributed by atoms with Crippen molar-refractivity contribution in [2.75, 3.05) is 0 Å². The lowest BCUT2D eigenvalue weighted by atomic mass is 10.2. The molecular formula is C8H5IN4. The van der Waals surface area contributed by atoms with Gasteiger partial charge in [-0.15, -0.1) is 20.4 Å². The van der Waals surface area contributed by atoms with Gasteiger partial charge in [0.25, 0.3) is 0 Å². The van der Waals surface area contributed by atoms with E-state index in [4.69, 9.17) is 0 Å². The van der Waals surface area contributed by atoms with Gasteiger partial charge in [0.2, 0.25) is 5.82 Å². The fourth-order valence-electron chi connectivity index (χ4n) is 0.919. The fraction of sp³-hybridized carbons (Fsp3) is 0. The molecule has 1 heterocycles. The van der Waals surface area contributed by atoms with Crippen molar-refractivity contribution in [3.8, 4) is 11.4 Å². The van der Waals surface area contributed by atoms with Crippen LogP contribution in [0.25, 0.3) is 11.4 Å². The van der Waals surface area contributed by atoms with Crippen molar-refractivity contribution in [2.45, 2.75) is 0 Å². The molecule has 0 N–H and O–H groups in total. The number of hydrogen-bond acceptors (Lipinski definition) is 4. The van der Waals surface area contributed by atoms with Gasteiger partial charge >= 0.3 is 0 Å². The Kier molecular flexibility index (Phi) is 2.44. The van der Waals surface area contributed by atoms with E-state index in [1.165, 1.54) is 9.90 Å². The van der Waals surface area contributed by atoms with Crippen LogP contribution in [0.3, 0.4) is 0 Å². The quantitative estimate of drug-likeness (QED) is 0.745. The highest BCUT2D eigenvalue weighted by atomic mass is 127. The van der Waals surface area contributed by atoms with Gasteiger partial charge in [-0.25, -0.2) is 0 Å². The van der Waals surface area contributed by atoms with Crippen molar-refractivity contribution >= 4 is 22.6 Å². The second kappa shape index (κ2) is 3.73. The fourth-order valence-corrected chi connectivity index (χ4v) is 1.28. The summed E-state index contributed by atoms with van der Waals surface area (Å²) < 4.78 is 1.18. The van der Waals surface area contributed by atoms with Crippen LogP contribution >= 0.6 is 22.6 Å². The lowest BCUT2D eigenvalue weighted by Crippen LogP contribution is -1.93. The standard InChI is InChI=1S/C8H5IN4/c9-7-3-1-6(2-4-7)8-12-10-5-11-13-8/h1-5H. The summed E-state index contributed by atoms with van der Waals surface area (Å²) in [6.07, 6.45) is 1.32. The highest BCUT2D eigenvalue weighted by molar-refractivity contribution is 14.1. The first kappa shape index (κ1) is 8.49. The molecule has 1 aromatic heterocycles. The summed E-state index contributed by atoms with van der Waals surface area (Å²) >= 11 is 2.24. The Morgan fingerprint density at radius 3 is 2.15 bits per heavy atom. The van der Waals surface area contributed by atoms with Crippen molar-refractivity contribution < 1.29 is 0 Å². The van der Waals surface area contributed by atoms with E-state index in [1.54, 1.807) is 0 Å². The Bertz CT molecular complexity index is 387. The van der Waals surface area contributed by atoms with E-state index in [-0.39, 0.29) is 0 Å². The first-order valence-corrected chi connectivity index (χ1v) is 4.70. The molecule has 0 spiro atoms. The Hall–Kier alpha value is -1.11. The van der Waals surface area contributed by atoms with Gasteiger partial charge in [0.05, 0.1) is 0 Å². The minimum atomic E-state index is 0.555. The minimum absolute atomic E-state index is 0.555. The topological polar surface area (TPSA) is 51.6 Å². The summed E-state index contributed by atoms with van der Waals surface area (Å²) in [4.78, 5) is 0. The lowest BCUT2D eigenvalue weighted by molar-refractivity contribution is 0.864. The highest BCUT2D eigenvalue weighted by Gasteiger charge is 1.99. The molecule has 0 aliphatic carbocycles. The average Bonchev–Trinajstić information content (AvgIpc) is 2.20. The van der Waals surface area contributed by atoms with E-state index < -0.39 is 0 Å². The van der Waals surface area contributed by atoms with Crippen molar-refractivity contribution in [1.29, 1.82) is 0 Å². The van der Waals surface area contributed by atoms with Gasteiger partial charge in [0, 0.05) is 9.13 Å². The van der Waals surface area contributed by atoms with Crippen molar-refractivity contribution in [1.82, 2.24) is 20.4 Å². The van der Waals surface area contributed by atoms with Gasteiger partial charge in [-0.3, -0.25) is 0 Å². The third kappa shape index (κ3) is 1.97. The van der Waals surface area contributed by atoms with Crippen LogP contribution in [0.4, 0.5) is 0 Å². The molecule has 4 nitrogen and oxygen atoms in total. The van der Waals surface area contributed by atoms with E-state index in [0.717, 1.165) is 5.56 Å². The molecule has 0 fully saturated rings. The molecule has 1 aromatic carbocycles. The number of hydrogen-bond donors (Lipinski definition) is 0. The summed E-state index contributed by atoms with van der Waals surface area (Å²) in [5.74, 6) is 0.555. The molecule has 0 bridgehead atoms. The number of rotatable bonds is 1. The average molecular weight is 284 g/mol. The smallest absolute Gasteiger partial charge is 0.135 e. The maximum atomic E-state index is 3.85. The van der Waals surface area contributed by atoms with E-state index in [2.05, 4.69) is 43.0 Å². The van der Waals surface area contributed by atoms with Gasteiger partial charge in [-0.05, 0) is 34.7 Å². The summed E-state index contributed by atoms with van der Waals surface area (Å²) in [6, 6.07) is 7.87. The normalized spacial score (nSPS) is 9.92. The first-order chi connectivity index (χ1) is 6.36. The predicted octanol–water partition coefficient (Wildman–Crippen LogP) is 1.54. The van der Waals surface area contributed by atoms with Crippen LogP contribution in [0, 0.1) is 3.57 Å². The van der Waals surface area contributed by atoms with Crippen LogP contribution in [0.15, 0.2) is 30.6 Å². The molecule has 64 valence electrons. The maximum absolute atomic E-state index is 3.85. The number of benzene rings is 1. The van der Waals surface area contributed by atoms with Gasteiger partial charge in [-0.1, -0.05) is 12.1 Å². The lowest BCUT2D eigenvalue weighted by Gasteiger charge is -1.96. The molecule has 0 atom stereocenters. The highest BCUT2D eigenvalue weighted by Crippen LogP contribution is 2.14. The molecule has 0 saturated carbocycles. The SMILES string of the molecule is Ic1ccc(-c2nncnn2)cc1. The zero-order valence-electron chi connectivity index (χ0n) is 6.55. The maximum Gasteiger partial charge on any atom is 0.203 e. The predicted molar refractivity (Wildman–Crippen MR) is 55.8 cm³/mol. The third-order valence-corrected chi connectivity index (χ3v) is 2.23. The van der Waals surface area contributed by atoms with Gasteiger partial charge in [-0.2, -0.15) is 0 Å². The molecule has 2 aromatic rings. The molecule has 0 amide bonds. The zero-order chi connectivity index (χ0) is 9.10. The Balaban J connectivity index is 2.42. The Labute approximate surface area is 88.6 Å². The molecule has 13 heavy (non-hydrogen) atoms. The second-order valence-corrected chi connectivity index (χ2v) is 3.62. The first-order valence-electron chi connectivity index (χ1n) is 3.62. The minimum Gasteiger partial charge on any atom is -0.135 e. The monoisotopic (exact) mass is 284 g/mol. The summed E-state index contributed by atoms with van der Waals surface area (Å²) in [5, 5.41) is 15.0. The largest absolute Gasteiger partial charge is 0.203 e. The van der Waals surface area contributed by atoms with E-state index in [1.807, 2.05) is 24.3 Å². The summed E-state index contributed by atoms with van der Waals surface area (Å²) in [6.45, 7) is 0. The van der Waals surface area contributed by atoms with Crippen molar-refractivity contribution in [3.05, 3.63) is 34.2 Å². The third-order valence-electron chi connectivity index (χ3n) is 1.51. The van der Waals surface area contributed by atoms with Gasteiger partial charge in [0.15, 0.2) is 6.33 Å². The molecule has 0 radical (unpaired) electrons. The molecule has 2 rings (SSSR count). The van der Waals surface area contributed by atoms with Crippen LogP contribution < -0.4 is 0 Å². The second-order valence-electron chi connectivity index (χ2n) is 2.38. The molecule has 5 heteroatoms. The molecular weight excluding hydrogens is 279 g/mol. The van der Waals surface area contributed by atoms with Crippen molar-refractivity contribution in [2.24, 2.45) is 0 Å². The van der Waals surface area contributed by atoms with Crippen LogP contribution in [0.2, 0.25) is 0 Å². The van der Waals surface area contributed by atoms with Crippen LogP contribution in [-0.4, -0.2) is 20.4 Å².